The fraction of sp³-hybridized carbons (Fsp3) is 0.133. The quantitative estimate of drug-likeness (QED) is 0.873. The summed E-state index contributed by atoms with van der Waals surface area (Å²) in [6.45, 7) is 0.375. The second-order valence-corrected chi connectivity index (χ2v) is 5.49. The van der Waals surface area contributed by atoms with Crippen molar-refractivity contribution in [1.29, 1.82) is 0 Å². The van der Waals surface area contributed by atoms with Gasteiger partial charge in [-0.15, -0.1) is 0 Å². The molecule has 0 unspecified atom stereocenters. The Morgan fingerprint density at radius 2 is 2.00 bits per heavy atom. The summed E-state index contributed by atoms with van der Waals surface area (Å²) in [6, 6.07) is 3.24. The van der Waals surface area contributed by atoms with Gasteiger partial charge in [0, 0.05) is 29.7 Å². The second-order valence-electron chi connectivity index (χ2n) is 5.05. The van der Waals surface area contributed by atoms with Crippen LogP contribution < -0.4 is 5.73 Å². The van der Waals surface area contributed by atoms with Gasteiger partial charge in [-0.1, -0.05) is 11.6 Å². The number of hydrogen-bond acceptors (Lipinski definition) is 5. The summed E-state index contributed by atoms with van der Waals surface area (Å²) in [5, 5.41) is 10.1. The van der Waals surface area contributed by atoms with Crippen LogP contribution in [0.15, 0.2) is 36.3 Å². The first-order chi connectivity index (χ1) is 11.0. The Hall–Kier alpha value is -2.67. The van der Waals surface area contributed by atoms with E-state index in [1.807, 2.05) is 0 Å². The van der Waals surface area contributed by atoms with Crippen LogP contribution in [0.5, 0.6) is 5.75 Å². The fourth-order valence-electron chi connectivity index (χ4n) is 2.33. The van der Waals surface area contributed by atoms with Gasteiger partial charge in [-0.2, -0.15) is 0 Å². The smallest absolute Gasteiger partial charge is 0.258 e. The van der Waals surface area contributed by atoms with E-state index in [9.17, 15) is 14.3 Å². The maximum atomic E-state index is 13.0. The minimum Gasteiger partial charge on any atom is -0.507 e. The van der Waals surface area contributed by atoms with Crippen molar-refractivity contribution in [3.8, 4) is 5.75 Å². The average Bonchev–Trinajstić information content (AvgIpc) is 2.89. The lowest BCUT2D eigenvalue weighted by Gasteiger charge is -2.17. The van der Waals surface area contributed by atoms with Gasteiger partial charge in [0.25, 0.3) is 5.91 Å². The molecular weight excluding hydrogens is 323 g/mol. The van der Waals surface area contributed by atoms with E-state index < -0.39 is 17.5 Å². The Bertz CT molecular complexity index is 808. The SMILES string of the molecule is NC1=C(c2ncc(Cl)cn2)CN(C(=O)c2ccc(F)cc2O)C1. The zero-order chi connectivity index (χ0) is 16.6. The first kappa shape index (κ1) is 15.2. The summed E-state index contributed by atoms with van der Waals surface area (Å²) in [6.07, 6.45) is 2.89. The zero-order valence-electron chi connectivity index (χ0n) is 11.8. The molecule has 0 aliphatic carbocycles. The average molecular weight is 335 g/mol. The van der Waals surface area contributed by atoms with Crippen LogP contribution in [0, 0.1) is 5.82 Å². The lowest BCUT2D eigenvalue weighted by molar-refractivity contribution is 0.0796. The molecule has 1 aliphatic heterocycles. The highest BCUT2D eigenvalue weighted by Crippen LogP contribution is 2.26. The lowest BCUT2D eigenvalue weighted by atomic mass is 10.1. The molecule has 118 valence electrons. The number of carbonyl (C=O) groups excluding carboxylic acids is 1. The van der Waals surface area contributed by atoms with Crippen molar-refractivity contribution in [2.45, 2.75) is 0 Å². The molecule has 23 heavy (non-hydrogen) atoms. The number of aromatic hydroxyl groups is 1. The predicted molar refractivity (Wildman–Crippen MR) is 82.1 cm³/mol. The van der Waals surface area contributed by atoms with Crippen LogP contribution >= 0.6 is 11.6 Å². The Balaban J connectivity index is 1.82. The zero-order valence-corrected chi connectivity index (χ0v) is 12.6. The Morgan fingerprint density at radius 1 is 1.30 bits per heavy atom. The fourth-order valence-corrected chi connectivity index (χ4v) is 2.43. The molecule has 1 aromatic heterocycles. The maximum Gasteiger partial charge on any atom is 0.258 e. The monoisotopic (exact) mass is 334 g/mol. The van der Waals surface area contributed by atoms with Crippen LogP contribution in [-0.2, 0) is 0 Å². The maximum absolute atomic E-state index is 13.0. The number of phenols is 1. The van der Waals surface area contributed by atoms with Crippen LogP contribution in [0.2, 0.25) is 5.02 Å². The molecule has 3 rings (SSSR count). The van der Waals surface area contributed by atoms with Crippen LogP contribution in [-0.4, -0.2) is 39.0 Å². The van der Waals surface area contributed by atoms with Gasteiger partial charge in [-0.3, -0.25) is 4.79 Å². The number of carbonyl (C=O) groups is 1. The molecule has 1 aliphatic rings. The summed E-state index contributed by atoms with van der Waals surface area (Å²) < 4.78 is 13.0. The number of rotatable bonds is 2. The molecule has 3 N–H and O–H groups in total. The van der Waals surface area contributed by atoms with E-state index in [4.69, 9.17) is 17.3 Å². The third-order valence-electron chi connectivity index (χ3n) is 3.47. The van der Waals surface area contributed by atoms with Crippen LogP contribution in [0.3, 0.4) is 0 Å². The van der Waals surface area contributed by atoms with Gasteiger partial charge >= 0.3 is 0 Å². The normalized spacial score (nSPS) is 14.4. The summed E-state index contributed by atoms with van der Waals surface area (Å²) in [5.41, 5.74) is 7.06. The molecule has 0 atom stereocenters. The largest absolute Gasteiger partial charge is 0.507 e. The standard InChI is InChI=1S/C15H12ClFN4O2/c16-8-4-19-14(20-5-8)11-6-21(7-12(11)18)15(23)10-2-1-9(17)3-13(10)22/h1-5,22H,6-7,18H2. The first-order valence-corrected chi connectivity index (χ1v) is 7.06. The van der Waals surface area contributed by atoms with Crippen molar-refractivity contribution in [2.75, 3.05) is 13.1 Å². The molecular formula is C15H12ClFN4O2. The first-order valence-electron chi connectivity index (χ1n) is 6.69. The van der Waals surface area contributed by atoms with Crippen molar-refractivity contribution >= 4 is 23.1 Å². The highest BCUT2D eigenvalue weighted by atomic mass is 35.5. The van der Waals surface area contributed by atoms with Crippen molar-refractivity contribution in [1.82, 2.24) is 14.9 Å². The number of nitrogens with zero attached hydrogens (tertiary/aromatic N) is 3. The third-order valence-corrected chi connectivity index (χ3v) is 3.66. The Morgan fingerprint density at radius 3 is 2.65 bits per heavy atom. The van der Waals surface area contributed by atoms with E-state index in [-0.39, 0.29) is 18.7 Å². The number of halogens is 2. The van der Waals surface area contributed by atoms with Crippen LogP contribution in [0.1, 0.15) is 16.2 Å². The van der Waals surface area contributed by atoms with Crippen molar-refractivity contribution in [3.05, 3.63) is 58.5 Å². The molecule has 1 aromatic carbocycles. The van der Waals surface area contributed by atoms with Gasteiger partial charge in [0.2, 0.25) is 0 Å². The summed E-state index contributed by atoms with van der Waals surface area (Å²) in [5.74, 6) is -1.09. The van der Waals surface area contributed by atoms with E-state index in [1.165, 1.54) is 23.4 Å². The second kappa shape index (κ2) is 5.85. The predicted octanol–water partition coefficient (Wildman–Crippen LogP) is 1.80. The van der Waals surface area contributed by atoms with Crippen LogP contribution in [0.4, 0.5) is 4.39 Å². The number of hydrogen-bond donors (Lipinski definition) is 2. The molecule has 0 saturated carbocycles. The van der Waals surface area contributed by atoms with Crippen molar-refractivity contribution in [3.63, 3.8) is 0 Å². The minimum atomic E-state index is -0.617. The lowest BCUT2D eigenvalue weighted by Crippen LogP contribution is -2.30. The molecule has 2 heterocycles. The third kappa shape index (κ3) is 2.95. The van der Waals surface area contributed by atoms with Gasteiger partial charge < -0.3 is 15.7 Å². The van der Waals surface area contributed by atoms with Crippen molar-refractivity contribution in [2.24, 2.45) is 5.73 Å². The Kier molecular flexibility index (Phi) is 3.87. The molecule has 1 amide bonds. The van der Waals surface area contributed by atoms with E-state index in [0.717, 1.165) is 12.1 Å². The number of amides is 1. The molecule has 0 bridgehead atoms. The highest BCUT2D eigenvalue weighted by Gasteiger charge is 2.28. The van der Waals surface area contributed by atoms with Gasteiger partial charge in [0.1, 0.15) is 11.6 Å². The van der Waals surface area contributed by atoms with Gasteiger partial charge in [0.05, 0.1) is 23.7 Å². The number of aromatic nitrogens is 2. The van der Waals surface area contributed by atoms with Crippen LogP contribution in [0.25, 0.3) is 5.57 Å². The number of benzene rings is 1. The summed E-state index contributed by atoms with van der Waals surface area (Å²) in [4.78, 5) is 22.1. The van der Waals surface area contributed by atoms with Gasteiger partial charge in [-0.05, 0) is 12.1 Å². The van der Waals surface area contributed by atoms with Gasteiger partial charge in [0.15, 0.2) is 5.82 Å². The number of phenolic OH excluding ortho intramolecular Hbond substituents is 1. The number of nitrogens with two attached hydrogens (primary N) is 1. The van der Waals surface area contributed by atoms with E-state index in [0.29, 0.717) is 22.1 Å². The van der Waals surface area contributed by atoms with Gasteiger partial charge in [-0.25, -0.2) is 14.4 Å². The highest BCUT2D eigenvalue weighted by molar-refractivity contribution is 6.30. The van der Waals surface area contributed by atoms with E-state index >= 15 is 0 Å². The molecule has 6 nitrogen and oxygen atoms in total. The summed E-state index contributed by atoms with van der Waals surface area (Å²) >= 11 is 5.75. The minimum absolute atomic E-state index is 0.0116. The summed E-state index contributed by atoms with van der Waals surface area (Å²) in [7, 11) is 0. The van der Waals surface area contributed by atoms with E-state index in [2.05, 4.69) is 9.97 Å². The van der Waals surface area contributed by atoms with Crippen molar-refractivity contribution < 1.29 is 14.3 Å². The molecule has 0 saturated heterocycles. The molecule has 0 radical (unpaired) electrons. The molecule has 8 heteroatoms. The Labute approximate surface area is 136 Å². The molecule has 0 spiro atoms. The van der Waals surface area contributed by atoms with E-state index in [1.54, 1.807) is 0 Å². The molecule has 0 fully saturated rings. The molecule has 2 aromatic rings. The topological polar surface area (TPSA) is 92.3 Å².